The van der Waals surface area contributed by atoms with Crippen LogP contribution in [-0.4, -0.2) is 83.9 Å². The zero-order chi connectivity index (χ0) is 30.8. The van der Waals surface area contributed by atoms with Gasteiger partial charge >= 0.3 is 0 Å². The molecule has 2 aliphatic rings. The molecule has 2 amide bonds. The number of piperidine rings is 2. The summed E-state index contributed by atoms with van der Waals surface area (Å²) in [4.78, 5) is 34.6. The number of nitrogens with zero attached hydrogens (tertiary/aromatic N) is 3. The molecule has 0 spiro atoms. The minimum atomic E-state index is -0.606. The molecular formula is C36H54N4O3. The number of amides is 2. The molecule has 2 saturated heterocycles. The minimum absolute atomic E-state index is 0.0327. The predicted octanol–water partition coefficient (Wildman–Crippen LogP) is 5.52. The summed E-state index contributed by atoms with van der Waals surface area (Å²) < 4.78 is 5.98. The van der Waals surface area contributed by atoms with E-state index in [4.69, 9.17) is 4.74 Å². The fourth-order valence-electron chi connectivity index (χ4n) is 6.39. The third-order valence-corrected chi connectivity index (χ3v) is 9.21. The lowest BCUT2D eigenvalue weighted by molar-refractivity contribution is -0.139. The highest BCUT2D eigenvalue weighted by molar-refractivity contribution is 5.90. The molecule has 2 atom stereocenters. The van der Waals surface area contributed by atoms with Crippen LogP contribution in [-0.2, 0) is 22.6 Å². The van der Waals surface area contributed by atoms with E-state index in [2.05, 4.69) is 42.8 Å². The lowest BCUT2D eigenvalue weighted by atomic mass is 9.97. The zero-order valence-electron chi connectivity index (χ0n) is 27.1. The first-order chi connectivity index (χ1) is 20.7. The third kappa shape index (κ3) is 9.80. The van der Waals surface area contributed by atoms with Crippen molar-refractivity contribution in [1.82, 2.24) is 20.0 Å². The van der Waals surface area contributed by atoms with Crippen molar-refractivity contribution >= 4 is 11.8 Å². The van der Waals surface area contributed by atoms with Gasteiger partial charge in [0.15, 0.2) is 0 Å². The Labute approximate surface area is 260 Å². The molecule has 1 N–H and O–H groups in total. The summed E-state index contributed by atoms with van der Waals surface area (Å²) in [6.07, 6.45) is 7.11. The molecular weight excluding hydrogens is 536 g/mol. The van der Waals surface area contributed by atoms with Crippen LogP contribution < -0.4 is 10.1 Å². The van der Waals surface area contributed by atoms with E-state index in [1.807, 2.05) is 66.5 Å². The van der Waals surface area contributed by atoms with Gasteiger partial charge in [-0.1, -0.05) is 62.7 Å². The molecule has 0 unspecified atom stereocenters. The van der Waals surface area contributed by atoms with Crippen LogP contribution in [0.1, 0.15) is 77.3 Å². The second-order valence-corrected chi connectivity index (χ2v) is 13.2. The molecule has 0 aliphatic carbocycles. The molecule has 0 bridgehead atoms. The van der Waals surface area contributed by atoms with Gasteiger partial charge < -0.3 is 19.9 Å². The highest BCUT2D eigenvalue weighted by Gasteiger charge is 2.34. The molecule has 7 nitrogen and oxygen atoms in total. The monoisotopic (exact) mass is 590 g/mol. The summed E-state index contributed by atoms with van der Waals surface area (Å²) in [5, 5.41) is 3.23. The van der Waals surface area contributed by atoms with Crippen LogP contribution >= 0.6 is 0 Å². The normalized spacial score (nSPS) is 18.2. The van der Waals surface area contributed by atoms with Crippen LogP contribution in [0, 0.1) is 5.92 Å². The van der Waals surface area contributed by atoms with Crippen LogP contribution in [0.15, 0.2) is 54.6 Å². The number of benzene rings is 2. The Balaban J connectivity index is 1.45. The number of ether oxygens (including phenoxy) is 1. The Kier molecular flexibility index (Phi) is 12.5. The smallest absolute Gasteiger partial charge is 0.245 e. The first-order valence-corrected chi connectivity index (χ1v) is 16.5. The maximum absolute atomic E-state index is 14.1. The summed E-state index contributed by atoms with van der Waals surface area (Å²) in [6.45, 7) is 12.9. The summed E-state index contributed by atoms with van der Waals surface area (Å²) in [7, 11) is 2.01. The van der Waals surface area contributed by atoms with Gasteiger partial charge in [0.2, 0.25) is 11.8 Å². The molecule has 4 rings (SSSR count). The van der Waals surface area contributed by atoms with Crippen molar-refractivity contribution in [3.8, 4) is 5.75 Å². The Bertz CT molecular complexity index is 1120. The van der Waals surface area contributed by atoms with E-state index in [0.717, 1.165) is 49.2 Å². The van der Waals surface area contributed by atoms with Gasteiger partial charge in [-0.25, -0.2) is 0 Å². The number of likely N-dealkylation sites (N-methyl/N-ethyl adjacent to an activating group) is 1. The number of hydrogen-bond acceptors (Lipinski definition) is 5. The second kappa shape index (κ2) is 16.2. The average molecular weight is 591 g/mol. The Hall–Kier alpha value is -2.90. The Morgan fingerprint density at radius 2 is 1.53 bits per heavy atom. The van der Waals surface area contributed by atoms with Crippen molar-refractivity contribution in [2.24, 2.45) is 5.92 Å². The maximum atomic E-state index is 14.1. The fraction of sp³-hybridized carbons (Fsp3) is 0.611. The summed E-state index contributed by atoms with van der Waals surface area (Å²) >= 11 is 0. The van der Waals surface area contributed by atoms with E-state index in [1.165, 1.54) is 32.4 Å². The number of carbonyl (C=O) groups is 2. The first kappa shape index (κ1) is 33.0. The number of hydrogen-bond donors (Lipinski definition) is 1. The fourth-order valence-corrected chi connectivity index (χ4v) is 6.39. The van der Waals surface area contributed by atoms with E-state index in [-0.39, 0.29) is 23.9 Å². The van der Waals surface area contributed by atoms with E-state index in [0.29, 0.717) is 25.0 Å². The SMILES string of the molecule is CC(C)C[C@H](C(=O)N[C@@H](Cc1ccc(OCc2ccccc2)cc1)C(=O)N1CCC(N2CCCCC2)CC1)N(C)C(C)C. The standard InChI is InChI=1S/C36H54N4O3/c1-27(2)24-34(38(5)28(3)4)35(41)37-33(36(42)40-22-18-31(19-23-40)39-20-10-7-11-21-39)25-29-14-16-32(17-15-29)43-26-30-12-8-6-9-13-30/h6,8-9,12-17,27-28,31,33-34H,7,10-11,18-26H2,1-5H3,(H,37,41)/t33-,34+/m0/s1. The molecule has 0 saturated carbocycles. The van der Waals surface area contributed by atoms with E-state index in [9.17, 15) is 9.59 Å². The number of likely N-dealkylation sites (tertiary alicyclic amines) is 2. The van der Waals surface area contributed by atoms with Crippen molar-refractivity contribution in [2.45, 2.75) is 103 Å². The second-order valence-electron chi connectivity index (χ2n) is 13.2. The molecule has 2 aromatic rings. The topological polar surface area (TPSA) is 65.1 Å². The number of rotatable bonds is 13. The van der Waals surface area contributed by atoms with Crippen LogP contribution in [0.3, 0.4) is 0 Å². The first-order valence-electron chi connectivity index (χ1n) is 16.5. The minimum Gasteiger partial charge on any atom is -0.489 e. The van der Waals surface area contributed by atoms with Crippen molar-refractivity contribution in [3.05, 3.63) is 65.7 Å². The van der Waals surface area contributed by atoms with Crippen molar-refractivity contribution in [3.63, 3.8) is 0 Å². The number of carbonyl (C=O) groups excluding carboxylic acids is 2. The van der Waals surface area contributed by atoms with Crippen molar-refractivity contribution in [2.75, 3.05) is 33.2 Å². The van der Waals surface area contributed by atoms with Crippen molar-refractivity contribution < 1.29 is 14.3 Å². The highest BCUT2D eigenvalue weighted by Crippen LogP contribution is 2.23. The molecule has 2 fully saturated rings. The van der Waals surface area contributed by atoms with Gasteiger partial charge in [0, 0.05) is 31.6 Å². The van der Waals surface area contributed by atoms with E-state index in [1.54, 1.807) is 0 Å². The van der Waals surface area contributed by atoms with Crippen LogP contribution in [0.2, 0.25) is 0 Å². The molecule has 0 radical (unpaired) electrons. The van der Waals surface area contributed by atoms with Gasteiger partial charge in [0.05, 0.1) is 6.04 Å². The Morgan fingerprint density at radius 1 is 0.884 bits per heavy atom. The predicted molar refractivity (Wildman–Crippen MR) is 174 cm³/mol. The van der Waals surface area contributed by atoms with Crippen LogP contribution in [0.5, 0.6) is 5.75 Å². The van der Waals surface area contributed by atoms with E-state index < -0.39 is 6.04 Å². The quantitative estimate of drug-likeness (QED) is 0.333. The average Bonchev–Trinajstić information content (AvgIpc) is 3.03. The summed E-state index contributed by atoms with van der Waals surface area (Å²) in [6, 6.07) is 18.0. The molecule has 0 aromatic heterocycles. The molecule has 2 heterocycles. The van der Waals surface area contributed by atoms with Gasteiger partial charge in [-0.3, -0.25) is 14.5 Å². The Morgan fingerprint density at radius 3 is 2.14 bits per heavy atom. The molecule has 2 aromatic carbocycles. The van der Waals surface area contributed by atoms with E-state index >= 15 is 0 Å². The van der Waals surface area contributed by atoms with Gasteiger partial charge in [0.25, 0.3) is 0 Å². The molecule has 43 heavy (non-hydrogen) atoms. The lowest BCUT2D eigenvalue weighted by Crippen LogP contribution is -2.57. The van der Waals surface area contributed by atoms with Gasteiger partial charge in [0.1, 0.15) is 18.4 Å². The van der Waals surface area contributed by atoms with Gasteiger partial charge in [-0.15, -0.1) is 0 Å². The van der Waals surface area contributed by atoms with Crippen LogP contribution in [0.25, 0.3) is 0 Å². The van der Waals surface area contributed by atoms with Crippen molar-refractivity contribution in [1.29, 1.82) is 0 Å². The molecule has 2 aliphatic heterocycles. The lowest BCUT2D eigenvalue weighted by Gasteiger charge is -2.41. The maximum Gasteiger partial charge on any atom is 0.245 e. The van der Waals surface area contributed by atoms with Crippen LogP contribution in [0.4, 0.5) is 0 Å². The van der Waals surface area contributed by atoms with Gasteiger partial charge in [-0.05, 0) is 95.3 Å². The zero-order valence-corrected chi connectivity index (χ0v) is 27.1. The largest absolute Gasteiger partial charge is 0.489 e. The molecule has 236 valence electrons. The summed E-state index contributed by atoms with van der Waals surface area (Å²) in [5.74, 6) is 1.12. The number of nitrogens with one attached hydrogen (secondary N) is 1. The third-order valence-electron chi connectivity index (χ3n) is 9.21. The highest BCUT2D eigenvalue weighted by atomic mass is 16.5. The summed E-state index contributed by atoms with van der Waals surface area (Å²) in [5.41, 5.74) is 2.12. The molecule has 7 heteroatoms. The van der Waals surface area contributed by atoms with Gasteiger partial charge in [-0.2, -0.15) is 0 Å².